The molecule has 0 bridgehead atoms. The zero-order valence-corrected chi connectivity index (χ0v) is 6.86. The van der Waals surface area contributed by atoms with Gasteiger partial charge in [0, 0.05) is 4.57 Å². The first-order chi connectivity index (χ1) is 3.31. The molecule has 0 aliphatic carbocycles. The molecule has 0 fully saturated rings. The molecule has 0 radical (unpaired) electrons. The van der Waals surface area contributed by atoms with Gasteiger partial charge in [0.25, 0.3) is 0 Å². The molecule has 0 rings (SSSR count). The molecule has 0 aliphatic heterocycles. The largest absolute Gasteiger partial charge is 0.713 e. The predicted molar refractivity (Wildman–Crippen MR) is 36.1 cm³/mol. The molecule has 7 heavy (non-hydrogen) atoms. The summed E-state index contributed by atoms with van der Waals surface area (Å²) in [6.45, 7) is 0. The van der Waals surface area contributed by atoms with Crippen LogP contribution in [0, 0.1) is 0 Å². The standard InChI is InChI=1S/H2O3P2S2/c1-5(2-4)3-7-6/h4H2/p+1. The molecule has 2 atom stereocenters. The Hall–Kier alpha value is 1.15. The van der Waals surface area contributed by atoms with Crippen LogP contribution >= 0.6 is 40.5 Å². The maximum Gasteiger partial charge on any atom is 0.713 e. The normalized spacial score (nSPS) is 11.4. The number of thiol groups is 1. The van der Waals surface area contributed by atoms with Gasteiger partial charge in [0.15, 0.2) is 0 Å². The molecule has 0 aromatic rings. The minimum absolute atomic E-state index is 0.707. The molecule has 7 heteroatoms. The molecule has 0 heterocycles. The summed E-state index contributed by atoms with van der Waals surface area (Å²) >= 11 is 4.24. The van der Waals surface area contributed by atoms with Crippen LogP contribution in [0.5, 0.6) is 0 Å². The summed E-state index contributed by atoms with van der Waals surface area (Å²) in [6, 6.07) is 0. The Morgan fingerprint density at radius 3 is 2.57 bits per heavy atom. The Morgan fingerprint density at radius 1 is 1.86 bits per heavy atom. The average Bonchev–Trinajstić information content (AvgIpc) is 1.68. The lowest BCUT2D eigenvalue weighted by atomic mass is 15.8. The fourth-order valence-electron chi connectivity index (χ4n) is 0.0448. The summed E-state index contributed by atoms with van der Waals surface area (Å²) in [5.41, 5.74) is 0. The lowest BCUT2D eigenvalue weighted by Crippen LogP contribution is -1.54. The summed E-state index contributed by atoms with van der Waals surface area (Å²) < 4.78 is 18.4. The van der Waals surface area contributed by atoms with Gasteiger partial charge in [0.2, 0.25) is 0 Å². The van der Waals surface area contributed by atoms with Crippen molar-refractivity contribution in [2.24, 2.45) is 0 Å². The highest BCUT2D eigenvalue weighted by Crippen LogP contribution is 2.33. The van der Waals surface area contributed by atoms with Gasteiger partial charge in [0.1, 0.15) is 11.1 Å². The first-order valence-corrected chi connectivity index (χ1v) is 4.49. The Labute approximate surface area is 53.8 Å². The van der Waals surface area contributed by atoms with Crippen LogP contribution in [0.2, 0.25) is 0 Å². The van der Waals surface area contributed by atoms with Crippen LogP contribution in [-0.2, 0) is 12.8 Å². The van der Waals surface area contributed by atoms with Crippen molar-refractivity contribution in [2.45, 2.75) is 0 Å². The summed E-state index contributed by atoms with van der Waals surface area (Å²) in [6.07, 6.45) is 0. The van der Waals surface area contributed by atoms with Gasteiger partial charge in [-0.05, 0) is 3.97 Å². The minimum Gasteiger partial charge on any atom is -0.105 e. The quantitative estimate of drug-likeness (QED) is 0.309. The fourth-order valence-corrected chi connectivity index (χ4v) is 1.21. The molecule has 3 nitrogen and oxygen atoms in total. The van der Waals surface area contributed by atoms with Crippen molar-refractivity contribution in [1.82, 2.24) is 0 Å². The molecule has 0 amide bonds. The van der Waals surface area contributed by atoms with E-state index in [1.807, 2.05) is 9.47 Å². The van der Waals surface area contributed by atoms with E-state index in [1.54, 1.807) is 0 Å². The van der Waals surface area contributed by atoms with Gasteiger partial charge in [-0.15, -0.1) is 4.31 Å². The topological polar surface area (TPSA) is 35.5 Å². The monoisotopic (exact) mass is 177 g/mol. The molecule has 0 aromatic carbocycles. The van der Waals surface area contributed by atoms with Crippen molar-refractivity contribution in [2.75, 3.05) is 0 Å². The van der Waals surface area contributed by atoms with Crippen molar-refractivity contribution in [3.05, 3.63) is 0 Å². The first-order valence-electron chi connectivity index (χ1n) is 1.13. The Balaban J connectivity index is 3.00. The average molecular weight is 177 g/mol. The lowest BCUT2D eigenvalue weighted by Gasteiger charge is -1.71. The SMILES string of the molecule is O=[P+](OP)OSS. The van der Waals surface area contributed by atoms with E-state index in [0.29, 0.717) is 11.1 Å². The minimum atomic E-state index is -1.98. The van der Waals surface area contributed by atoms with Gasteiger partial charge in [-0.25, -0.2) is 0 Å². The van der Waals surface area contributed by atoms with Crippen molar-refractivity contribution < 1.29 is 12.8 Å². The van der Waals surface area contributed by atoms with Gasteiger partial charge in [-0.2, -0.15) is 0 Å². The highest BCUT2D eigenvalue weighted by atomic mass is 33.1. The summed E-state index contributed by atoms with van der Waals surface area (Å²) in [5, 5.41) is 0. The van der Waals surface area contributed by atoms with Gasteiger partial charge in [-0.1, -0.05) is 11.7 Å². The third-order valence-corrected chi connectivity index (χ3v) is 2.22. The number of hydrogen-bond acceptors (Lipinski definition) is 5. The smallest absolute Gasteiger partial charge is 0.105 e. The van der Waals surface area contributed by atoms with Crippen LogP contribution in [-0.4, -0.2) is 0 Å². The lowest BCUT2D eigenvalue weighted by molar-refractivity contribution is 0.464. The van der Waals surface area contributed by atoms with Crippen molar-refractivity contribution in [3.8, 4) is 0 Å². The van der Waals surface area contributed by atoms with Crippen LogP contribution in [0.4, 0.5) is 0 Å². The molecule has 0 saturated carbocycles. The summed E-state index contributed by atoms with van der Waals surface area (Å²) in [4.78, 5) is 0. The Kier molecular flexibility index (Phi) is 6.16. The zero-order valence-electron chi connectivity index (χ0n) is 3.10. The Morgan fingerprint density at radius 2 is 2.43 bits per heavy atom. The second-order valence-electron chi connectivity index (χ2n) is 0.478. The summed E-state index contributed by atoms with van der Waals surface area (Å²) in [5.74, 6) is 0. The van der Waals surface area contributed by atoms with Gasteiger partial charge in [-0.3, -0.25) is 0 Å². The van der Waals surface area contributed by atoms with E-state index in [-0.39, 0.29) is 0 Å². The van der Waals surface area contributed by atoms with E-state index in [0.717, 1.165) is 0 Å². The third kappa shape index (κ3) is 5.01. The number of rotatable bonds is 3. The predicted octanol–water partition coefficient (Wildman–Crippen LogP) is 1.96. The van der Waals surface area contributed by atoms with Crippen molar-refractivity contribution >= 4 is 40.5 Å². The molecule has 2 unspecified atom stereocenters. The fraction of sp³-hybridized carbons (Fsp3) is 0. The van der Waals surface area contributed by atoms with Crippen molar-refractivity contribution in [3.63, 3.8) is 0 Å². The van der Waals surface area contributed by atoms with E-state index in [2.05, 4.69) is 19.9 Å². The van der Waals surface area contributed by atoms with E-state index in [9.17, 15) is 4.57 Å². The maximum atomic E-state index is 10.0. The Bertz CT molecular complexity index is 64.0. The number of hydrogen-bond donors (Lipinski definition) is 1. The molecule has 0 saturated heterocycles. The highest BCUT2D eigenvalue weighted by Gasteiger charge is 2.16. The van der Waals surface area contributed by atoms with Crippen LogP contribution in [0.1, 0.15) is 0 Å². The molecule has 0 spiro atoms. The van der Waals surface area contributed by atoms with Crippen LogP contribution in [0.15, 0.2) is 0 Å². The van der Waals surface area contributed by atoms with Gasteiger partial charge < -0.3 is 0 Å². The van der Waals surface area contributed by atoms with E-state index < -0.39 is 8.25 Å². The van der Waals surface area contributed by atoms with E-state index >= 15 is 0 Å². The maximum absolute atomic E-state index is 10.0. The third-order valence-electron chi connectivity index (χ3n) is 0.180. The van der Waals surface area contributed by atoms with Crippen LogP contribution < -0.4 is 0 Å². The summed E-state index contributed by atoms with van der Waals surface area (Å²) in [7, 11) is -0.167. The molecule has 0 aliphatic rings. The second kappa shape index (κ2) is 5.29. The molecular weight excluding hydrogens is 174 g/mol. The van der Waals surface area contributed by atoms with E-state index in [4.69, 9.17) is 0 Å². The molecular formula is H3O3P2S2+. The van der Waals surface area contributed by atoms with E-state index in [1.165, 1.54) is 0 Å². The van der Waals surface area contributed by atoms with Gasteiger partial charge >= 0.3 is 8.25 Å². The second-order valence-corrected chi connectivity index (χ2v) is 2.96. The highest BCUT2D eigenvalue weighted by molar-refractivity contribution is 8.67. The van der Waals surface area contributed by atoms with Crippen LogP contribution in [0.25, 0.3) is 0 Å². The molecule has 0 aromatic heterocycles. The zero-order chi connectivity index (χ0) is 5.70. The first kappa shape index (κ1) is 8.15. The van der Waals surface area contributed by atoms with Crippen molar-refractivity contribution in [1.29, 1.82) is 0 Å². The molecule has 42 valence electrons. The van der Waals surface area contributed by atoms with Gasteiger partial charge in [0.05, 0.1) is 9.47 Å². The molecule has 0 N–H and O–H groups in total. The van der Waals surface area contributed by atoms with Crippen LogP contribution in [0.3, 0.4) is 0 Å².